The third-order valence-corrected chi connectivity index (χ3v) is 6.71. The van der Waals surface area contributed by atoms with Gasteiger partial charge in [0.2, 0.25) is 0 Å². The van der Waals surface area contributed by atoms with Crippen molar-refractivity contribution in [1.82, 2.24) is 0 Å². The molecule has 0 aliphatic rings. The first-order valence-electron chi connectivity index (χ1n) is 8.76. The number of carbonyl (C=O) groups is 1. The van der Waals surface area contributed by atoms with E-state index in [9.17, 15) is 48.0 Å². The van der Waals surface area contributed by atoms with Crippen molar-refractivity contribution in [3.63, 3.8) is 0 Å². The van der Waals surface area contributed by atoms with Crippen LogP contribution >= 0.6 is 0 Å². The summed E-state index contributed by atoms with van der Waals surface area (Å²) in [5.74, 6) is -0.276. The van der Waals surface area contributed by atoms with E-state index in [1.807, 2.05) is 0 Å². The van der Waals surface area contributed by atoms with Crippen LogP contribution in [0.15, 0.2) is 12.2 Å². The molecular weight excluding hydrogens is 482 g/mol. The van der Waals surface area contributed by atoms with Gasteiger partial charge >= 0.3 is 17.0 Å². The van der Waals surface area contributed by atoms with Crippen molar-refractivity contribution in [3.8, 4) is 0 Å². The first-order chi connectivity index (χ1) is 13.7. The summed E-state index contributed by atoms with van der Waals surface area (Å²) in [6.07, 6.45) is 1.16. The van der Waals surface area contributed by atoms with E-state index in [4.69, 9.17) is 4.74 Å². The Morgan fingerprint density at radius 3 is 1.55 bits per heavy atom. The van der Waals surface area contributed by atoms with Crippen LogP contribution in [-0.2, 0) is 29.6 Å². The Hall–Kier alpha value is -1.39. The first kappa shape index (κ1) is 31.8. The van der Waals surface area contributed by atoms with Gasteiger partial charge in [-0.1, -0.05) is 13.5 Å². The van der Waals surface area contributed by atoms with Crippen LogP contribution in [0.1, 0.15) is 34.1 Å². The molecular formula is C15H26F6N2O6S2. The SMILES string of the molecule is C=C(C)C(=O)OCC[N+](CC)(CC)CCC.O=S(=O)([N-]S(=O)(=O)C(F)(F)F)C(F)(F)F. The summed E-state index contributed by atoms with van der Waals surface area (Å²) in [4.78, 5) is 11.2. The van der Waals surface area contributed by atoms with Crippen LogP contribution in [0.25, 0.3) is 4.13 Å². The lowest BCUT2D eigenvalue weighted by Gasteiger charge is -2.36. The second-order valence-corrected chi connectivity index (χ2v) is 9.68. The highest BCUT2D eigenvalue weighted by atomic mass is 32.3. The van der Waals surface area contributed by atoms with Gasteiger partial charge in [0.1, 0.15) is 13.2 Å². The highest BCUT2D eigenvalue weighted by Gasteiger charge is 2.46. The van der Waals surface area contributed by atoms with Crippen molar-refractivity contribution < 1.29 is 57.2 Å². The largest absolute Gasteiger partial charge is 0.480 e. The molecule has 0 saturated heterocycles. The number of rotatable bonds is 10. The number of quaternary nitrogens is 1. The molecule has 0 amide bonds. The summed E-state index contributed by atoms with van der Waals surface area (Å²) in [7, 11) is -13.4. The molecule has 186 valence electrons. The van der Waals surface area contributed by atoms with Crippen LogP contribution in [0.5, 0.6) is 0 Å². The molecule has 0 bridgehead atoms. The Kier molecular flexibility index (Phi) is 12.3. The van der Waals surface area contributed by atoms with E-state index < -0.39 is 31.1 Å². The average Bonchev–Trinajstić information content (AvgIpc) is 2.58. The van der Waals surface area contributed by atoms with Crippen molar-refractivity contribution >= 4 is 26.0 Å². The lowest BCUT2D eigenvalue weighted by Crippen LogP contribution is -2.50. The van der Waals surface area contributed by atoms with E-state index in [1.54, 1.807) is 6.92 Å². The molecule has 0 rings (SSSR count). The minimum atomic E-state index is -6.72. The van der Waals surface area contributed by atoms with Crippen LogP contribution in [0, 0.1) is 0 Å². The second kappa shape index (κ2) is 12.0. The molecule has 0 fully saturated rings. The van der Waals surface area contributed by atoms with Gasteiger partial charge in [-0.05, 0) is 27.2 Å². The highest BCUT2D eigenvalue weighted by Crippen LogP contribution is 2.36. The van der Waals surface area contributed by atoms with Crippen LogP contribution in [0.3, 0.4) is 0 Å². The number of ether oxygens (including phenoxy) is 1. The van der Waals surface area contributed by atoms with E-state index in [-0.39, 0.29) is 5.97 Å². The second-order valence-electron chi connectivity index (χ2n) is 6.25. The zero-order chi connectivity index (χ0) is 25.3. The number of esters is 1. The number of halogens is 6. The van der Waals surface area contributed by atoms with Gasteiger partial charge in [-0.25, -0.2) is 21.6 Å². The predicted octanol–water partition coefficient (Wildman–Crippen LogP) is 3.43. The van der Waals surface area contributed by atoms with Crippen molar-refractivity contribution in [3.05, 3.63) is 16.3 Å². The van der Waals surface area contributed by atoms with Crippen LogP contribution < -0.4 is 0 Å². The van der Waals surface area contributed by atoms with Gasteiger partial charge in [0.15, 0.2) is 20.0 Å². The van der Waals surface area contributed by atoms with Crippen LogP contribution in [-0.4, -0.2) is 71.1 Å². The van der Waals surface area contributed by atoms with Gasteiger partial charge in [-0.2, -0.15) is 26.3 Å². The van der Waals surface area contributed by atoms with Gasteiger partial charge in [-0.15, -0.1) is 0 Å². The van der Waals surface area contributed by atoms with Gasteiger partial charge < -0.3 is 13.3 Å². The summed E-state index contributed by atoms with van der Waals surface area (Å²) in [6.45, 7) is 16.6. The lowest BCUT2D eigenvalue weighted by molar-refractivity contribution is -0.925. The summed E-state index contributed by atoms with van der Waals surface area (Å²) in [5, 5.41) is 0. The fourth-order valence-corrected chi connectivity index (χ4v) is 3.82. The monoisotopic (exact) mass is 508 g/mol. The predicted molar refractivity (Wildman–Crippen MR) is 100 cm³/mol. The van der Waals surface area contributed by atoms with E-state index in [2.05, 4.69) is 27.4 Å². The molecule has 8 nitrogen and oxygen atoms in total. The lowest BCUT2D eigenvalue weighted by atomic mass is 10.3. The molecule has 0 saturated carbocycles. The van der Waals surface area contributed by atoms with Gasteiger partial charge in [0, 0.05) is 5.57 Å². The third kappa shape index (κ3) is 10.7. The molecule has 0 aromatic heterocycles. The number of carbonyl (C=O) groups excluding carboxylic acids is 1. The van der Waals surface area contributed by atoms with Gasteiger partial charge in [0.25, 0.3) is 0 Å². The quantitative estimate of drug-likeness (QED) is 0.194. The molecule has 0 atom stereocenters. The topological polar surface area (TPSA) is 109 Å². The molecule has 0 aromatic rings. The molecule has 16 heteroatoms. The smallest absolute Gasteiger partial charge is 0.456 e. The molecule has 0 aliphatic heterocycles. The fourth-order valence-electron chi connectivity index (χ4n) is 2.11. The Balaban J connectivity index is 0. The van der Waals surface area contributed by atoms with Crippen LogP contribution in [0.4, 0.5) is 26.3 Å². The highest BCUT2D eigenvalue weighted by molar-refractivity contribution is 8.13. The number of alkyl halides is 6. The molecule has 0 aromatic carbocycles. The maximum Gasteiger partial charge on any atom is 0.480 e. The van der Waals surface area contributed by atoms with E-state index in [0.29, 0.717) is 12.2 Å². The summed E-state index contributed by atoms with van der Waals surface area (Å²) in [5.41, 5.74) is -11.9. The normalized spacial score (nSPS) is 13.2. The van der Waals surface area contributed by atoms with E-state index >= 15 is 0 Å². The van der Waals surface area contributed by atoms with Crippen molar-refractivity contribution in [2.75, 3.05) is 32.8 Å². The summed E-state index contributed by atoms with van der Waals surface area (Å²) in [6, 6.07) is 0. The van der Waals surface area contributed by atoms with Crippen molar-refractivity contribution in [2.45, 2.75) is 45.1 Å². The van der Waals surface area contributed by atoms with E-state index in [1.165, 1.54) is 0 Å². The summed E-state index contributed by atoms with van der Waals surface area (Å²) < 4.78 is 115. The Morgan fingerprint density at radius 1 is 0.903 bits per heavy atom. The Morgan fingerprint density at radius 2 is 1.29 bits per heavy atom. The van der Waals surface area contributed by atoms with Gasteiger partial charge in [-0.3, -0.25) is 0 Å². The maximum absolute atomic E-state index is 11.4. The molecule has 0 aliphatic carbocycles. The molecule has 0 N–H and O–H groups in total. The minimum absolute atomic E-state index is 0.276. The van der Waals surface area contributed by atoms with Crippen LogP contribution in [0.2, 0.25) is 0 Å². The number of hydrogen-bond donors (Lipinski definition) is 0. The van der Waals surface area contributed by atoms with Crippen molar-refractivity contribution in [2.24, 2.45) is 0 Å². The molecule has 0 unspecified atom stereocenters. The first-order valence-corrected chi connectivity index (χ1v) is 11.6. The van der Waals surface area contributed by atoms with E-state index in [0.717, 1.165) is 41.2 Å². The minimum Gasteiger partial charge on any atom is -0.456 e. The maximum atomic E-state index is 11.4. The van der Waals surface area contributed by atoms with Gasteiger partial charge in [0.05, 0.1) is 19.6 Å². The fraction of sp³-hybridized carbons (Fsp3) is 0.800. The third-order valence-electron chi connectivity index (χ3n) is 3.97. The number of hydrogen-bond acceptors (Lipinski definition) is 6. The molecule has 31 heavy (non-hydrogen) atoms. The Bertz CT molecular complexity index is 761. The number of sulfonamides is 2. The van der Waals surface area contributed by atoms with Crippen molar-refractivity contribution in [1.29, 1.82) is 0 Å². The average molecular weight is 509 g/mol. The zero-order valence-corrected chi connectivity index (χ0v) is 19.0. The zero-order valence-electron chi connectivity index (χ0n) is 17.4. The number of likely N-dealkylation sites (N-methyl/N-ethyl adjacent to an activating group) is 1. The summed E-state index contributed by atoms with van der Waals surface area (Å²) >= 11 is 0. The Labute approximate surface area is 177 Å². The molecule has 0 radical (unpaired) electrons. The molecule has 0 heterocycles. The molecule has 0 spiro atoms. The number of nitrogens with zero attached hydrogens (tertiary/aromatic N) is 2. The standard InChI is InChI=1S/C13H26NO2.C2F6NO4S2/c1-6-9-14(7-2,8-3)10-11-16-13(15)12(4)5;3-1(4,5)14(10,11)9-15(12,13)2(6,7)8/h4,6-11H2,1-3,5H3;/q+1;-1.